The lowest BCUT2D eigenvalue weighted by Gasteiger charge is -2.29. The predicted molar refractivity (Wildman–Crippen MR) is 94.7 cm³/mol. The maximum absolute atomic E-state index is 12.1. The molecule has 2 aliphatic heterocycles. The number of benzene rings is 1. The average Bonchev–Trinajstić information content (AvgIpc) is 3.03. The van der Waals surface area contributed by atoms with E-state index in [0.29, 0.717) is 31.8 Å². The minimum atomic E-state index is -0.233. The number of rotatable bonds is 5. The monoisotopic (exact) mass is 331 g/mol. The van der Waals surface area contributed by atoms with Gasteiger partial charge in [-0.1, -0.05) is 30.3 Å². The van der Waals surface area contributed by atoms with Gasteiger partial charge in [0.2, 0.25) is 0 Å². The van der Waals surface area contributed by atoms with Crippen LogP contribution in [0.25, 0.3) is 0 Å². The number of nitrogens with one attached hydrogen (secondary N) is 1. The molecule has 1 atom stereocenters. The molecule has 5 nitrogen and oxygen atoms in total. The van der Waals surface area contributed by atoms with Gasteiger partial charge in [0, 0.05) is 32.7 Å². The zero-order valence-electron chi connectivity index (χ0n) is 14.4. The van der Waals surface area contributed by atoms with E-state index in [1.54, 1.807) is 0 Å². The molecule has 2 heterocycles. The fourth-order valence-corrected chi connectivity index (χ4v) is 3.70. The summed E-state index contributed by atoms with van der Waals surface area (Å²) in [6.07, 6.45) is 3.43. The highest BCUT2D eigenvalue weighted by atomic mass is 16.3. The van der Waals surface area contributed by atoms with Crippen molar-refractivity contribution >= 4 is 6.03 Å². The van der Waals surface area contributed by atoms with E-state index < -0.39 is 0 Å². The molecule has 0 radical (unpaired) electrons. The van der Waals surface area contributed by atoms with Crippen LogP contribution in [0.15, 0.2) is 30.3 Å². The molecule has 132 valence electrons. The quantitative estimate of drug-likeness (QED) is 0.868. The number of carbonyl (C=O) groups is 1. The number of hydrogen-bond donors (Lipinski definition) is 2. The predicted octanol–water partition coefficient (Wildman–Crippen LogP) is 2.06. The first-order chi connectivity index (χ1) is 11.7. The Kier molecular flexibility index (Phi) is 6.10. The summed E-state index contributed by atoms with van der Waals surface area (Å²) in [5.74, 6) is 0.678. The van der Waals surface area contributed by atoms with Crippen molar-refractivity contribution in [2.45, 2.75) is 38.3 Å². The molecule has 1 aromatic carbocycles. The van der Waals surface area contributed by atoms with Gasteiger partial charge in [-0.05, 0) is 43.7 Å². The van der Waals surface area contributed by atoms with Crippen molar-refractivity contribution in [1.82, 2.24) is 15.1 Å². The first-order valence-electron chi connectivity index (χ1n) is 9.18. The largest absolute Gasteiger partial charge is 0.393 e. The van der Waals surface area contributed by atoms with E-state index in [2.05, 4.69) is 40.5 Å². The normalized spacial score (nSPS) is 22.7. The number of aliphatic hydroxyl groups excluding tert-OH is 1. The van der Waals surface area contributed by atoms with Crippen molar-refractivity contribution in [3.8, 4) is 0 Å². The van der Waals surface area contributed by atoms with Gasteiger partial charge in [0.1, 0.15) is 0 Å². The van der Waals surface area contributed by atoms with Crippen molar-refractivity contribution in [3.05, 3.63) is 35.9 Å². The first kappa shape index (κ1) is 17.2. The number of amides is 2. The molecule has 1 unspecified atom stereocenters. The second-order valence-corrected chi connectivity index (χ2v) is 7.11. The van der Waals surface area contributed by atoms with Gasteiger partial charge in [0.25, 0.3) is 0 Å². The number of piperidine rings is 1. The van der Waals surface area contributed by atoms with E-state index in [4.69, 9.17) is 0 Å². The summed E-state index contributed by atoms with van der Waals surface area (Å²) in [6, 6.07) is 10.6. The summed E-state index contributed by atoms with van der Waals surface area (Å²) >= 11 is 0. The van der Waals surface area contributed by atoms with Crippen molar-refractivity contribution in [2.24, 2.45) is 5.92 Å². The molecule has 0 saturated carbocycles. The van der Waals surface area contributed by atoms with Crippen LogP contribution in [0, 0.1) is 5.92 Å². The lowest BCUT2D eigenvalue weighted by atomic mass is 10.1. The fraction of sp³-hybridized carbons (Fsp3) is 0.632. The summed E-state index contributed by atoms with van der Waals surface area (Å²) in [6.45, 7) is 5.39. The molecule has 2 fully saturated rings. The maximum atomic E-state index is 12.1. The summed E-state index contributed by atoms with van der Waals surface area (Å²) in [5.41, 5.74) is 1.37. The van der Waals surface area contributed by atoms with E-state index in [1.165, 1.54) is 12.0 Å². The molecule has 0 bridgehead atoms. The molecule has 2 amide bonds. The van der Waals surface area contributed by atoms with Crippen LogP contribution in [0.4, 0.5) is 4.79 Å². The van der Waals surface area contributed by atoms with Gasteiger partial charge < -0.3 is 15.3 Å². The Morgan fingerprint density at radius 1 is 1.12 bits per heavy atom. The van der Waals surface area contributed by atoms with E-state index in [9.17, 15) is 9.90 Å². The van der Waals surface area contributed by atoms with Gasteiger partial charge in [0.05, 0.1) is 6.10 Å². The van der Waals surface area contributed by atoms with Crippen LogP contribution in [-0.2, 0) is 6.54 Å². The van der Waals surface area contributed by atoms with Crippen molar-refractivity contribution in [2.75, 3.05) is 32.7 Å². The molecule has 0 spiro atoms. The number of aliphatic hydroxyl groups is 1. The lowest BCUT2D eigenvalue weighted by molar-refractivity contribution is 0.0936. The zero-order chi connectivity index (χ0) is 16.8. The molecule has 2 N–H and O–H groups in total. The summed E-state index contributed by atoms with van der Waals surface area (Å²) in [5, 5.41) is 12.5. The maximum Gasteiger partial charge on any atom is 0.317 e. The Hall–Kier alpha value is -1.59. The minimum Gasteiger partial charge on any atom is -0.393 e. The Balaban J connectivity index is 1.32. The lowest BCUT2D eigenvalue weighted by Crippen LogP contribution is -2.45. The smallest absolute Gasteiger partial charge is 0.317 e. The van der Waals surface area contributed by atoms with Crippen LogP contribution < -0.4 is 5.32 Å². The summed E-state index contributed by atoms with van der Waals surface area (Å²) in [4.78, 5) is 16.4. The van der Waals surface area contributed by atoms with Crippen LogP contribution in [0.3, 0.4) is 0 Å². The molecule has 5 heteroatoms. The third kappa shape index (κ3) is 4.95. The first-order valence-corrected chi connectivity index (χ1v) is 9.18. The van der Waals surface area contributed by atoms with E-state index in [-0.39, 0.29) is 12.1 Å². The van der Waals surface area contributed by atoms with Gasteiger partial charge in [-0.2, -0.15) is 0 Å². The molecule has 2 aliphatic rings. The van der Waals surface area contributed by atoms with Gasteiger partial charge >= 0.3 is 6.03 Å². The zero-order valence-corrected chi connectivity index (χ0v) is 14.4. The highest BCUT2D eigenvalue weighted by molar-refractivity contribution is 5.74. The number of likely N-dealkylation sites (tertiary alicyclic amines) is 2. The summed E-state index contributed by atoms with van der Waals surface area (Å²) < 4.78 is 0. The Labute approximate surface area is 144 Å². The molecular formula is C19H29N3O2. The highest BCUT2D eigenvalue weighted by Crippen LogP contribution is 2.21. The Morgan fingerprint density at radius 3 is 2.62 bits per heavy atom. The fourth-order valence-electron chi connectivity index (χ4n) is 3.70. The second-order valence-electron chi connectivity index (χ2n) is 7.11. The van der Waals surface area contributed by atoms with Crippen LogP contribution in [-0.4, -0.2) is 59.8 Å². The van der Waals surface area contributed by atoms with Crippen molar-refractivity contribution < 1.29 is 9.90 Å². The van der Waals surface area contributed by atoms with E-state index in [0.717, 1.165) is 32.6 Å². The number of nitrogens with zero attached hydrogens (tertiary/aromatic N) is 2. The van der Waals surface area contributed by atoms with Gasteiger partial charge in [-0.3, -0.25) is 4.90 Å². The van der Waals surface area contributed by atoms with Gasteiger partial charge in [-0.15, -0.1) is 0 Å². The topological polar surface area (TPSA) is 55.8 Å². The number of urea groups is 1. The van der Waals surface area contributed by atoms with Crippen LogP contribution >= 0.6 is 0 Å². The summed E-state index contributed by atoms with van der Waals surface area (Å²) in [7, 11) is 0. The van der Waals surface area contributed by atoms with Crippen LogP contribution in [0.5, 0.6) is 0 Å². The number of carbonyl (C=O) groups excluding carboxylic acids is 1. The van der Waals surface area contributed by atoms with Gasteiger partial charge in [0.15, 0.2) is 0 Å². The standard InChI is InChI=1S/C19H29N3O2/c23-18-8-12-22(13-9-18)19(24)20-10-6-17-7-11-21(15-17)14-16-4-2-1-3-5-16/h1-5,17-18,23H,6-15H2,(H,20,24). The Morgan fingerprint density at radius 2 is 1.88 bits per heavy atom. The average molecular weight is 331 g/mol. The molecule has 3 rings (SSSR count). The van der Waals surface area contributed by atoms with Gasteiger partial charge in [-0.25, -0.2) is 4.79 Å². The Bertz CT molecular complexity index is 515. The van der Waals surface area contributed by atoms with E-state index >= 15 is 0 Å². The highest BCUT2D eigenvalue weighted by Gasteiger charge is 2.24. The molecular weight excluding hydrogens is 302 g/mol. The van der Waals surface area contributed by atoms with Crippen LogP contribution in [0.1, 0.15) is 31.2 Å². The molecule has 24 heavy (non-hydrogen) atoms. The van der Waals surface area contributed by atoms with Crippen LogP contribution in [0.2, 0.25) is 0 Å². The second kappa shape index (κ2) is 8.49. The molecule has 0 aromatic heterocycles. The van der Waals surface area contributed by atoms with Crippen molar-refractivity contribution in [1.29, 1.82) is 0 Å². The number of hydrogen-bond acceptors (Lipinski definition) is 3. The molecule has 0 aliphatic carbocycles. The minimum absolute atomic E-state index is 0.0287. The third-order valence-electron chi connectivity index (χ3n) is 5.20. The van der Waals surface area contributed by atoms with Crippen molar-refractivity contribution in [3.63, 3.8) is 0 Å². The SMILES string of the molecule is O=C(NCCC1CCN(Cc2ccccc2)C1)N1CCC(O)CC1. The molecule has 2 saturated heterocycles. The van der Waals surface area contributed by atoms with E-state index in [1.807, 2.05) is 4.90 Å². The third-order valence-corrected chi connectivity index (χ3v) is 5.20. The molecule has 1 aromatic rings.